The minimum atomic E-state index is -4.38. The van der Waals surface area contributed by atoms with Crippen molar-refractivity contribution in [3.63, 3.8) is 0 Å². The summed E-state index contributed by atoms with van der Waals surface area (Å²) in [7, 11) is 0. The zero-order chi connectivity index (χ0) is 13.1. The lowest BCUT2D eigenvalue weighted by molar-refractivity contribution is -0.119. The first-order chi connectivity index (χ1) is 7.83. The summed E-state index contributed by atoms with van der Waals surface area (Å²) in [6, 6.07) is 2.70. The van der Waals surface area contributed by atoms with Gasteiger partial charge in [-0.15, -0.1) is 0 Å². The van der Waals surface area contributed by atoms with E-state index in [1.807, 2.05) is 0 Å². The molecule has 5 N–H and O–H groups in total. The molecule has 1 aromatic rings. The molecule has 0 saturated carbocycles. The molecule has 0 radical (unpaired) electrons. The van der Waals surface area contributed by atoms with Crippen molar-refractivity contribution in [3.8, 4) is 0 Å². The number of halogens is 3. The molecule has 0 aliphatic heterocycles. The van der Waals surface area contributed by atoms with Crippen molar-refractivity contribution in [1.82, 2.24) is 4.98 Å². The van der Waals surface area contributed by atoms with Crippen molar-refractivity contribution in [2.24, 2.45) is 0 Å². The molecule has 1 heterocycles. The fourth-order valence-electron chi connectivity index (χ4n) is 1.26. The molecule has 0 aliphatic carbocycles. The zero-order valence-electron chi connectivity index (χ0n) is 8.91. The summed E-state index contributed by atoms with van der Waals surface area (Å²) in [6.07, 6.45) is -4.38. The number of nitrogens with two attached hydrogens (primary N) is 2. The fourth-order valence-corrected chi connectivity index (χ4v) is 1.26. The van der Waals surface area contributed by atoms with Gasteiger partial charge in [0.25, 0.3) is 0 Å². The van der Waals surface area contributed by atoms with Crippen molar-refractivity contribution in [3.05, 3.63) is 12.1 Å². The van der Waals surface area contributed by atoms with Crippen LogP contribution in [0.25, 0.3) is 0 Å². The first kappa shape index (κ1) is 13.4. The van der Waals surface area contributed by atoms with Gasteiger partial charge in [-0.3, -0.25) is 0 Å². The molecule has 17 heavy (non-hydrogen) atoms. The summed E-state index contributed by atoms with van der Waals surface area (Å²) >= 11 is 0. The summed E-state index contributed by atoms with van der Waals surface area (Å²) in [4.78, 5) is 4.63. The van der Waals surface area contributed by atoms with Gasteiger partial charge in [-0.1, -0.05) is 0 Å². The van der Waals surface area contributed by atoms with Gasteiger partial charge >= 0.3 is 6.18 Å². The van der Waals surface area contributed by atoms with E-state index >= 15 is 0 Å². The molecule has 5 nitrogen and oxygen atoms in total. The van der Waals surface area contributed by atoms with Crippen LogP contribution in [0, 0.1) is 0 Å². The zero-order valence-corrected chi connectivity index (χ0v) is 8.91. The Morgan fingerprint density at radius 3 is 2.41 bits per heavy atom. The summed E-state index contributed by atoms with van der Waals surface area (Å²) in [5.41, 5.74) is 11.0. The van der Waals surface area contributed by atoms with Crippen molar-refractivity contribution in [1.29, 1.82) is 0 Å². The normalized spacial score (nSPS) is 11.5. The lowest BCUT2D eigenvalue weighted by Crippen LogP contribution is -2.36. The van der Waals surface area contributed by atoms with Crippen molar-refractivity contribution in [2.45, 2.75) is 6.18 Å². The number of aliphatic hydroxyl groups excluding tert-OH is 1. The molecule has 0 aliphatic rings. The van der Waals surface area contributed by atoms with E-state index in [1.54, 1.807) is 0 Å². The van der Waals surface area contributed by atoms with Crippen molar-refractivity contribution in [2.75, 3.05) is 36.1 Å². The van der Waals surface area contributed by atoms with Crippen LogP contribution in [0.2, 0.25) is 0 Å². The number of hydrogen-bond donors (Lipinski definition) is 3. The van der Waals surface area contributed by atoms with Crippen LogP contribution < -0.4 is 16.4 Å². The van der Waals surface area contributed by atoms with E-state index in [2.05, 4.69) is 4.98 Å². The van der Waals surface area contributed by atoms with Crippen LogP contribution >= 0.6 is 0 Å². The van der Waals surface area contributed by atoms with Crippen molar-refractivity contribution >= 4 is 17.3 Å². The Labute approximate surface area is 95.8 Å². The third-order valence-electron chi connectivity index (χ3n) is 2.01. The first-order valence-electron chi connectivity index (χ1n) is 4.78. The molecule has 1 rings (SSSR count). The molecule has 0 spiro atoms. The smallest absolute Gasteiger partial charge is 0.396 e. The number of aromatic nitrogens is 1. The van der Waals surface area contributed by atoms with E-state index in [1.165, 1.54) is 12.1 Å². The van der Waals surface area contributed by atoms with E-state index in [9.17, 15) is 13.2 Å². The van der Waals surface area contributed by atoms with E-state index in [0.29, 0.717) is 0 Å². The Hall–Kier alpha value is -1.70. The summed E-state index contributed by atoms with van der Waals surface area (Å²) in [5, 5.41) is 8.73. The highest BCUT2D eigenvalue weighted by atomic mass is 19.4. The molecule has 0 saturated heterocycles. The van der Waals surface area contributed by atoms with Gasteiger partial charge in [0.2, 0.25) is 0 Å². The third-order valence-corrected chi connectivity index (χ3v) is 2.01. The quantitative estimate of drug-likeness (QED) is 0.728. The van der Waals surface area contributed by atoms with E-state index in [0.717, 1.165) is 4.90 Å². The van der Waals surface area contributed by atoms with Crippen LogP contribution in [0.4, 0.5) is 30.5 Å². The highest BCUT2D eigenvalue weighted by Crippen LogP contribution is 2.23. The standard InChI is InChI=1S/C9H13F3N4O/c10-9(11,12)5-16(3-4-17)7-2-1-6(13)8(14)15-7/h1-2,17H,3-5,13H2,(H2,14,15). The predicted octanol–water partition coefficient (Wildman–Crippen LogP) is 0.607. The molecule has 0 unspecified atom stereocenters. The summed E-state index contributed by atoms with van der Waals surface area (Å²) in [6.45, 7) is -1.80. The Morgan fingerprint density at radius 2 is 1.94 bits per heavy atom. The Morgan fingerprint density at radius 1 is 1.29 bits per heavy atom. The average molecular weight is 250 g/mol. The van der Waals surface area contributed by atoms with Crippen LogP contribution in [0.15, 0.2) is 12.1 Å². The van der Waals surface area contributed by atoms with Crippen LogP contribution in [0.3, 0.4) is 0 Å². The Kier molecular flexibility index (Phi) is 4.00. The van der Waals surface area contributed by atoms with Gasteiger partial charge < -0.3 is 21.5 Å². The molecule has 0 bridgehead atoms. The summed E-state index contributed by atoms with van der Waals surface area (Å²) in [5.74, 6) is -0.00399. The monoisotopic (exact) mass is 250 g/mol. The molecule has 96 valence electrons. The van der Waals surface area contributed by atoms with Gasteiger partial charge in [0, 0.05) is 6.54 Å². The van der Waals surface area contributed by atoms with Gasteiger partial charge in [0.15, 0.2) is 0 Å². The second-order valence-corrected chi connectivity index (χ2v) is 3.40. The third kappa shape index (κ3) is 3.99. The minimum Gasteiger partial charge on any atom is -0.396 e. The van der Waals surface area contributed by atoms with Crippen LogP contribution in [-0.4, -0.2) is 36.0 Å². The maximum Gasteiger partial charge on any atom is 0.405 e. The molecule has 0 aromatic carbocycles. The van der Waals surface area contributed by atoms with Crippen LogP contribution in [0.1, 0.15) is 0 Å². The number of nitrogens with zero attached hydrogens (tertiary/aromatic N) is 2. The number of nitrogen functional groups attached to an aromatic ring is 2. The number of rotatable bonds is 4. The number of aliphatic hydroxyl groups is 1. The van der Waals surface area contributed by atoms with Crippen molar-refractivity contribution < 1.29 is 18.3 Å². The van der Waals surface area contributed by atoms with Gasteiger partial charge in [-0.25, -0.2) is 4.98 Å². The lowest BCUT2D eigenvalue weighted by atomic mass is 10.3. The highest BCUT2D eigenvalue weighted by molar-refractivity contribution is 5.62. The van der Waals surface area contributed by atoms with Crippen LogP contribution in [0.5, 0.6) is 0 Å². The second-order valence-electron chi connectivity index (χ2n) is 3.40. The Balaban J connectivity index is 2.93. The number of alkyl halides is 3. The first-order valence-corrected chi connectivity index (χ1v) is 4.78. The highest BCUT2D eigenvalue weighted by Gasteiger charge is 2.31. The fraction of sp³-hybridized carbons (Fsp3) is 0.444. The van der Waals surface area contributed by atoms with Gasteiger partial charge in [-0.05, 0) is 12.1 Å². The van der Waals surface area contributed by atoms with Gasteiger partial charge in [0.05, 0.1) is 12.3 Å². The molecule has 0 fully saturated rings. The minimum absolute atomic E-state index is 0.0306. The molecule has 0 atom stereocenters. The molecular formula is C9H13F3N4O. The maximum atomic E-state index is 12.3. The average Bonchev–Trinajstić information content (AvgIpc) is 2.19. The van der Waals surface area contributed by atoms with Gasteiger partial charge in [0.1, 0.15) is 18.2 Å². The SMILES string of the molecule is Nc1ccc(N(CCO)CC(F)(F)F)nc1N. The molecule has 8 heteroatoms. The molecular weight excluding hydrogens is 237 g/mol. The number of anilines is 3. The van der Waals surface area contributed by atoms with E-state index in [4.69, 9.17) is 16.6 Å². The largest absolute Gasteiger partial charge is 0.405 e. The molecule has 0 amide bonds. The molecule has 1 aromatic heterocycles. The lowest BCUT2D eigenvalue weighted by Gasteiger charge is -2.24. The maximum absolute atomic E-state index is 12.3. The van der Waals surface area contributed by atoms with Gasteiger partial charge in [-0.2, -0.15) is 13.2 Å². The van der Waals surface area contributed by atoms with E-state index in [-0.39, 0.29) is 23.9 Å². The number of hydrogen-bond acceptors (Lipinski definition) is 5. The topological polar surface area (TPSA) is 88.4 Å². The second kappa shape index (κ2) is 5.09. The Bertz CT molecular complexity index is 383. The summed E-state index contributed by atoms with van der Waals surface area (Å²) < 4.78 is 36.9. The number of pyridine rings is 1. The van der Waals surface area contributed by atoms with E-state index < -0.39 is 19.3 Å². The predicted molar refractivity (Wildman–Crippen MR) is 58.4 cm³/mol. The van der Waals surface area contributed by atoms with Crippen LogP contribution in [-0.2, 0) is 0 Å².